The van der Waals surface area contributed by atoms with Gasteiger partial charge >= 0.3 is 0 Å². The van der Waals surface area contributed by atoms with Crippen molar-refractivity contribution in [2.45, 2.75) is 13.8 Å². The molecule has 2 aromatic carbocycles. The second kappa shape index (κ2) is 7.78. The highest BCUT2D eigenvalue weighted by Gasteiger charge is 2.26. The van der Waals surface area contributed by atoms with Gasteiger partial charge in [0.1, 0.15) is 0 Å². The summed E-state index contributed by atoms with van der Waals surface area (Å²) in [5.74, 6) is -0.715. The topological polar surface area (TPSA) is 49.9 Å². The number of carbonyl (C=O) groups excluding carboxylic acids is 2. The number of halogens is 1. The predicted molar refractivity (Wildman–Crippen MR) is 101 cm³/mol. The molecule has 2 aromatic rings. The Kier molecular flexibility index (Phi) is 5.44. The van der Waals surface area contributed by atoms with Crippen molar-refractivity contribution in [2.75, 3.05) is 33.3 Å². The Morgan fingerprint density at radius 3 is 2.11 bits per heavy atom. The summed E-state index contributed by atoms with van der Waals surface area (Å²) in [5, 5.41) is 0. The molecule has 0 unspecified atom stereocenters. The minimum absolute atomic E-state index is 0.0184. The van der Waals surface area contributed by atoms with Crippen LogP contribution in [-0.2, 0) is 0 Å². The van der Waals surface area contributed by atoms with Crippen molar-refractivity contribution in [2.24, 2.45) is 0 Å². The van der Waals surface area contributed by atoms with Gasteiger partial charge in [0.05, 0.1) is 7.11 Å². The highest BCUT2D eigenvalue weighted by molar-refractivity contribution is 5.97. The van der Waals surface area contributed by atoms with Gasteiger partial charge in [-0.25, -0.2) is 4.39 Å². The quantitative estimate of drug-likeness (QED) is 0.834. The van der Waals surface area contributed by atoms with Crippen LogP contribution in [0.15, 0.2) is 36.4 Å². The molecule has 0 aliphatic carbocycles. The largest absolute Gasteiger partial charge is 0.494 e. The number of carbonyl (C=O) groups is 2. The number of methoxy groups -OCH3 is 1. The monoisotopic (exact) mass is 370 g/mol. The molecule has 0 bridgehead atoms. The number of benzene rings is 2. The third kappa shape index (κ3) is 3.94. The van der Waals surface area contributed by atoms with Crippen molar-refractivity contribution in [3.05, 3.63) is 64.5 Å². The minimum atomic E-state index is -0.563. The molecule has 1 aliphatic rings. The van der Waals surface area contributed by atoms with E-state index in [-0.39, 0.29) is 23.1 Å². The molecule has 1 heterocycles. The van der Waals surface area contributed by atoms with Gasteiger partial charge in [0, 0.05) is 37.3 Å². The fourth-order valence-corrected chi connectivity index (χ4v) is 3.32. The highest BCUT2D eigenvalue weighted by Crippen LogP contribution is 2.20. The molecular weight excluding hydrogens is 347 g/mol. The number of aryl methyl sites for hydroxylation is 2. The van der Waals surface area contributed by atoms with Crippen LogP contribution in [0.2, 0.25) is 0 Å². The van der Waals surface area contributed by atoms with Crippen LogP contribution >= 0.6 is 0 Å². The van der Waals surface area contributed by atoms with Gasteiger partial charge in [0.15, 0.2) is 11.6 Å². The molecule has 2 amide bonds. The van der Waals surface area contributed by atoms with Crippen LogP contribution in [0.25, 0.3) is 0 Å². The van der Waals surface area contributed by atoms with E-state index in [1.165, 1.54) is 19.2 Å². The van der Waals surface area contributed by atoms with Crippen LogP contribution in [0.1, 0.15) is 31.8 Å². The molecule has 3 rings (SSSR count). The van der Waals surface area contributed by atoms with E-state index in [2.05, 4.69) is 0 Å². The predicted octanol–water partition coefficient (Wildman–Crippen LogP) is 3.05. The summed E-state index contributed by atoms with van der Waals surface area (Å²) in [7, 11) is 1.38. The lowest BCUT2D eigenvalue weighted by atomic mass is 10.0. The number of amides is 2. The maximum atomic E-state index is 13.9. The maximum absolute atomic E-state index is 13.9. The van der Waals surface area contributed by atoms with Crippen molar-refractivity contribution in [3.63, 3.8) is 0 Å². The van der Waals surface area contributed by atoms with E-state index in [1.54, 1.807) is 15.9 Å². The summed E-state index contributed by atoms with van der Waals surface area (Å²) in [6.07, 6.45) is 0. The zero-order chi connectivity index (χ0) is 19.6. The lowest BCUT2D eigenvalue weighted by Crippen LogP contribution is -2.50. The van der Waals surface area contributed by atoms with Gasteiger partial charge in [-0.3, -0.25) is 9.59 Å². The summed E-state index contributed by atoms with van der Waals surface area (Å²) in [6.45, 7) is 5.67. The second-order valence-electron chi connectivity index (χ2n) is 6.75. The van der Waals surface area contributed by atoms with Crippen molar-refractivity contribution in [1.82, 2.24) is 9.80 Å². The summed E-state index contributed by atoms with van der Waals surface area (Å²) < 4.78 is 18.7. The molecule has 0 aromatic heterocycles. The number of hydrogen-bond acceptors (Lipinski definition) is 3. The zero-order valence-corrected chi connectivity index (χ0v) is 15.8. The zero-order valence-electron chi connectivity index (χ0n) is 15.8. The first-order valence-corrected chi connectivity index (χ1v) is 8.90. The molecule has 1 saturated heterocycles. The Morgan fingerprint density at radius 2 is 1.56 bits per heavy atom. The van der Waals surface area contributed by atoms with Gasteiger partial charge in [-0.15, -0.1) is 0 Å². The van der Waals surface area contributed by atoms with Crippen molar-refractivity contribution in [1.29, 1.82) is 0 Å². The molecule has 1 fully saturated rings. The first kappa shape index (κ1) is 18.9. The minimum Gasteiger partial charge on any atom is -0.494 e. The van der Waals surface area contributed by atoms with Crippen LogP contribution in [0.4, 0.5) is 4.39 Å². The van der Waals surface area contributed by atoms with Crippen LogP contribution in [0, 0.1) is 19.7 Å². The van der Waals surface area contributed by atoms with Crippen LogP contribution in [-0.4, -0.2) is 54.9 Å². The van der Waals surface area contributed by atoms with Gasteiger partial charge < -0.3 is 14.5 Å². The van der Waals surface area contributed by atoms with Gasteiger partial charge in [0.25, 0.3) is 11.8 Å². The molecule has 142 valence electrons. The van der Waals surface area contributed by atoms with Gasteiger partial charge in [-0.05, 0) is 43.7 Å². The fourth-order valence-electron chi connectivity index (χ4n) is 3.32. The van der Waals surface area contributed by atoms with Gasteiger partial charge in [-0.1, -0.05) is 17.7 Å². The van der Waals surface area contributed by atoms with E-state index in [0.29, 0.717) is 31.7 Å². The Balaban J connectivity index is 1.65. The van der Waals surface area contributed by atoms with Crippen LogP contribution < -0.4 is 4.74 Å². The standard InChI is InChI=1S/C21H23FN2O3/c1-14-4-6-17(15(2)12-14)21(26)24-10-8-23(9-11-24)20(25)16-5-7-19(27-3)18(22)13-16/h4-7,12-13H,8-11H2,1-3H3. The average molecular weight is 370 g/mol. The normalized spacial score (nSPS) is 14.2. The molecule has 0 radical (unpaired) electrons. The van der Waals surface area contributed by atoms with Gasteiger partial charge in [0.2, 0.25) is 0 Å². The molecule has 1 aliphatic heterocycles. The smallest absolute Gasteiger partial charge is 0.254 e. The molecular formula is C21H23FN2O3. The van der Waals surface area contributed by atoms with Gasteiger partial charge in [-0.2, -0.15) is 0 Å². The first-order valence-electron chi connectivity index (χ1n) is 8.90. The molecule has 0 saturated carbocycles. The fraction of sp³-hybridized carbons (Fsp3) is 0.333. The lowest BCUT2D eigenvalue weighted by molar-refractivity contribution is 0.0535. The average Bonchev–Trinajstić information content (AvgIpc) is 2.67. The first-order chi connectivity index (χ1) is 12.9. The SMILES string of the molecule is COc1ccc(C(=O)N2CCN(C(=O)c3ccc(C)cc3C)CC2)cc1F. The second-order valence-corrected chi connectivity index (χ2v) is 6.75. The summed E-state index contributed by atoms with van der Waals surface area (Å²) >= 11 is 0. The lowest BCUT2D eigenvalue weighted by Gasteiger charge is -2.35. The molecule has 0 spiro atoms. The van der Waals surface area contributed by atoms with E-state index in [0.717, 1.165) is 11.1 Å². The van der Waals surface area contributed by atoms with Crippen molar-refractivity contribution >= 4 is 11.8 Å². The maximum Gasteiger partial charge on any atom is 0.254 e. The van der Waals surface area contributed by atoms with E-state index < -0.39 is 5.82 Å². The van der Waals surface area contributed by atoms with E-state index >= 15 is 0 Å². The summed E-state index contributed by atoms with van der Waals surface area (Å²) in [5.41, 5.74) is 3.04. The van der Waals surface area contributed by atoms with E-state index in [9.17, 15) is 14.0 Å². The Bertz CT molecular complexity index is 874. The van der Waals surface area contributed by atoms with Crippen LogP contribution in [0.5, 0.6) is 5.75 Å². The number of nitrogens with zero attached hydrogens (tertiary/aromatic N) is 2. The Hall–Kier alpha value is -2.89. The van der Waals surface area contributed by atoms with E-state index in [4.69, 9.17) is 4.74 Å². The number of piperazine rings is 1. The third-order valence-corrected chi connectivity index (χ3v) is 4.87. The number of rotatable bonds is 3. The molecule has 27 heavy (non-hydrogen) atoms. The number of hydrogen-bond donors (Lipinski definition) is 0. The van der Waals surface area contributed by atoms with Crippen LogP contribution in [0.3, 0.4) is 0 Å². The molecule has 5 nitrogen and oxygen atoms in total. The molecule has 0 N–H and O–H groups in total. The Morgan fingerprint density at radius 1 is 0.926 bits per heavy atom. The Labute approximate surface area is 158 Å². The summed E-state index contributed by atoms with van der Waals surface area (Å²) in [6, 6.07) is 9.96. The third-order valence-electron chi connectivity index (χ3n) is 4.87. The van der Waals surface area contributed by atoms with Crippen molar-refractivity contribution in [3.8, 4) is 5.75 Å². The number of ether oxygens (including phenoxy) is 1. The van der Waals surface area contributed by atoms with Crippen molar-refractivity contribution < 1.29 is 18.7 Å². The molecule has 0 atom stereocenters. The highest BCUT2D eigenvalue weighted by atomic mass is 19.1. The summed E-state index contributed by atoms with van der Waals surface area (Å²) in [4.78, 5) is 28.8. The van der Waals surface area contributed by atoms with E-state index in [1.807, 2.05) is 32.0 Å². The molecule has 6 heteroatoms.